The number of amides is 1. The van der Waals surface area contributed by atoms with Crippen LogP contribution in [0.15, 0.2) is 30.3 Å². The smallest absolute Gasteiger partial charge is 0.407 e. The van der Waals surface area contributed by atoms with Crippen LogP contribution >= 0.6 is 0 Å². The van der Waals surface area contributed by atoms with Crippen LogP contribution in [0.3, 0.4) is 0 Å². The Morgan fingerprint density at radius 1 is 1.27 bits per heavy atom. The van der Waals surface area contributed by atoms with Crippen LogP contribution in [0, 0.1) is 5.41 Å². The number of benzene rings is 1. The van der Waals surface area contributed by atoms with Crippen molar-refractivity contribution in [1.82, 2.24) is 10.6 Å². The summed E-state index contributed by atoms with van der Waals surface area (Å²) >= 11 is 0. The summed E-state index contributed by atoms with van der Waals surface area (Å²) in [6, 6.07) is 10.2. The average molecular weight is 306 g/mol. The molecule has 0 aromatic heterocycles. The average Bonchev–Trinajstić information content (AvgIpc) is 2.48. The maximum Gasteiger partial charge on any atom is 0.407 e. The highest BCUT2D eigenvalue weighted by Crippen LogP contribution is 2.22. The first-order valence-corrected chi connectivity index (χ1v) is 7.80. The van der Waals surface area contributed by atoms with E-state index in [4.69, 9.17) is 4.74 Å². The van der Waals surface area contributed by atoms with E-state index in [1.165, 1.54) is 0 Å². The molecule has 0 spiro atoms. The zero-order valence-corrected chi connectivity index (χ0v) is 13.3. The summed E-state index contributed by atoms with van der Waals surface area (Å²) in [7, 11) is 0. The Bertz CT molecular complexity index is 470. The van der Waals surface area contributed by atoms with Crippen LogP contribution in [0.25, 0.3) is 0 Å². The molecule has 0 bridgehead atoms. The molecule has 3 N–H and O–H groups in total. The third-order valence-corrected chi connectivity index (χ3v) is 3.97. The van der Waals surface area contributed by atoms with E-state index < -0.39 is 0 Å². The van der Waals surface area contributed by atoms with Crippen LogP contribution in [-0.2, 0) is 11.3 Å². The number of nitrogens with one attached hydrogen (secondary N) is 2. The van der Waals surface area contributed by atoms with E-state index in [2.05, 4.69) is 10.6 Å². The molecule has 0 heterocycles. The van der Waals surface area contributed by atoms with Crippen molar-refractivity contribution in [2.75, 3.05) is 13.2 Å². The fraction of sp³-hybridized carbons (Fsp3) is 0.588. The minimum absolute atomic E-state index is 0.104. The quantitative estimate of drug-likeness (QED) is 0.721. The van der Waals surface area contributed by atoms with Gasteiger partial charge in [-0.2, -0.15) is 0 Å². The molecule has 22 heavy (non-hydrogen) atoms. The number of aliphatic hydroxyl groups excluding tert-OH is 1. The molecule has 0 saturated heterocycles. The summed E-state index contributed by atoms with van der Waals surface area (Å²) in [4.78, 5) is 11.7. The summed E-state index contributed by atoms with van der Waals surface area (Å²) in [6.07, 6.45) is 1.45. The predicted molar refractivity (Wildman–Crippen MR) is 85.4 cm³/mol. The largest absolute Gasteiger partial charge is 0.445 e. The number of carbonyl (C=O) groups is 1. The number of rotatable bonds is 7. The minimum Gasteiger partial charge on any atom is -0.445 e. The lowest BCUT2D eigenvalue weighted by atomic mass is 9.85. The van der Waals surface area contributed by atoms with Crippen LogP contribution in [0.4, 0.5) is 4.79 Å². The molecule has 0 aliphatic heterocycles. The van der Waals surface area contributed by atoms with Crippen molar-refractivity contribution in [3.05, 3.63) is 35.9 Å². The van der Waals surface area contributed by atoms with E-state index >= 15 is 0 Å². The molecule has 5 nitrogen and oxygen atoms in total. The Kier molecular flexibility index (Phi) is 5.80. The first-order valence-electron chi connectivity index (χ1n) is 7.80. The molecule has 1 aromatic rings. The van der Waals surface area contributed by atoms with Crippen LogP contribution in [0.2, 0.25) is 0 Å². The van der Waals surface area contributed by atoms with Crippen LogP contribution in [0.1, 0.15) is 32.3 Å². The Hall–Kier alpha value is -1.59. The highest BCUT2D eigenvalue weighted by Gasteiger charge is 2.31. The zero-order chi connectivity index (χ0) is 16.0. The molecule has 1 aromatic carbocycles. The second-order valence-electron chi connectivity index (χ2n) is 6.77. The van der Waals surface area contributed by atoms with E-state index in [9.17, 15) is 9.90 Å². The first kappa shape index (κ1) is 16.8. The van der Waals surface area contributed by atoms with Gasteiger partial charge in [0.15, 0.2) is 0 Å². The van der Waals surface area contributed by atoms with Gasteiger partial charge in [-0.05, 0) is 18.4 Å². The van der Waals surface area contributed by atoms with Gasteiger partial charge in [-0.25, -0.2) is 4.79 Å². The second kappa shape index (κ2) is 7.61. The molecule has 1 saturated carbocycles. The van der Waals surface area contributed by atoms with E-state index in [1.54, 1.807) is 0 Å². The minimum atomic E-state index is -0.358. The summed E-state index contributed by atoms with van der Waals surface area (Å²) < 4.78 is 5.20. The Morgan fingerprint density at radius 2 is 1.95 bits per heavy atom. The molecule has 122 valence electrons. The van der Waals surface area contributed by atoms with Crippen molar-refractivity contribution in [2.24, 2.45) is 5.41 Å². The van der Waals surface area contributed by atoms with E-state index in [1.807, 2.05) is 44.2 Å². The van der Waals surface area contributed by atoms with Crippen molar-refractivity contribution in [3.63, 3.8) is 0 Å². The summed E-state index contributed by atoms with van der Waals surface area (Å²) in [6.45, 7) is 5.29. The molecular formula is C17H26N2O3. The van der Waals surface area contributed by atoms with Gasteiger partial charge < -0.3 is 20.5 Å². The highest BCUT2D eigenvalue weighted by atomic mass is 16.5. The van der Waals surface area contributed by atoms with E-state index in [-0.39, 0.29) is 24.2 Å². The Labute approximate surface area is 132 Å². The molecule has 1 amide bonds. The second-order valence-corrected chi connectivity index (χ2v) is 6.77. The zero-order valence-electron chi connectivity index (χ0n) is 13.3. The standard InChI is InChI=1S/C17H26N2O3/c1-17(2,12-20)11-18-14-8-15(9-14)19-16(21)22-10-13-6-4-3-5-7-13/h3-7,14-15,18,20H,8-12H2,1-2H3,(H,19,21). The number of ether oxygens (including phenoxy) is 1. The van der Waals surface area contributed by atoms with Gasteiger partial charge in [-0.1, -0.05) is 44.2 Å². The lowest BCUT2D eigenvalue weighted by Gasteiger charge is -2.38. The van der Waals surface area contributed by atoms with Gasteiger partial charge in [0.2, 0.25) is 0 Å². The molecule has 0 unspecified atom stereocenters. The maximum atomic E-state index is 11.7. The van der Waals surface area contributed by atoms with Gasteiger partial charge >= 0.3 is 6.09 Å². The van der Waals surface area contributed by atoms with Gasteiger partial charge in [0.05, 0.1) is 0 Å². The number of carbonyl (C=O) groups excluding carboxylic acids is 1. The number of aliphatic hydroxyl groups is 1. The predicted octanol–water partition coefficient (Wildman–Crippen LogP) is 2.05. The van der Waals surface area contributed by atoms with Gasteiger partial charge in [-0.3, -0.25) is 0 Å². The summed E-state index contributed by atoms with van der Waals surface area (Å²) in [5.41, 5.74) is 0.879. The topological polar surface area (TPSA) is 70.6 Å². The molecule has 5 heteroatoms. The van der Waals surface area contributed by atoms with Crippen LogP contribution in [-0.4, -0.2) is 36.4 Å². The van der Waals surface area contributed by atoms with Crippen molar-refractivity contribution < 1.29 is 14.6 Å². The third-order valence-electron chi connectivity index (χ3n) is 3.97. The molecule has 0 radical (unpaired) electrons. The van der Waals surface area contributed by atoms with Gasteiger partial charge in [0, 0.05) is 30.7 Å². The number of alkyl carbamates (subject to hydrolysis) is 1. The number of hydrogen-bond acceptors (Lipinski definition) is 4. The van der Waals surface area contributed by atoms with Gasteiger partial charge in [0.25, 0.3) is 0 Å². The molecule has 1 aliphatic rings. The molecular weight excluding hydrogens is 280 g/mol. The molecule has 1 aliphatic carbocycles. The van der Waals surface area contributed by atoms with Gasteiger partial charge in [0.1, 0.15) is 6.61 Å². The van der Waals surface area contributed by atoms with Crippen molar-refractivity contribution in [1.29, 1.82) is 0 Å². The van der Waals surface area contributed by atoms with Crippen LogP contribution in [0.5, 0.6) is 0 Å². The number of hydrogen-bond donors (Lipinski definition) is 3. The lowest BCUT2D eigenvalue weighted by molar-refractivity contribution is 0.119. The Balaban J connectivity index is 1.58. The molecule has 0 atom stereocenters. The normalized spacial score (nSPS) is 21.0. The fourth-order valence-corrected chi connectivity index (χ4v) is 2.31. The fourth-order valence-electron chi connectivity index (χ4n) is 2.31. The summed E-state index contributed by atoms with van der Waals surface area (Å²) in [5.74, 6) is 0. The lowest BCUT2D eigenvalue weighted by Crippen LogP contribution is -2.54. The Morgan fingerprint density at radius 3 is 2.59 bits per heavy atom. The molecule has 2 rings (SSSR count). The van der Waals surface area contributed by atoms with E-state index in [0.717, 1.165) is 24.9 Å². The third kappa shape index (κ3) is 5.31. The first-order chi connectivity index (χ1) is 10.5. The van der Waals surface area contributed by atoms with Crippen LogP contribution < -0.4 is 10.6 Å². The highest BCUT2D eigenvalue weighted by molar-refractivity contribution is 5.67. The van der Waals surface area contributed by atoms with Crippen molar-refractivity contribution in [2.45, 2.75) is 45.4 Å². The van der Waals surface area contributed by atoms with Gasteiger partial charge in [-0.15, -0.1) is 0 Å². The van der Waals surface area contributed by atoms with Crippen molar-refractivity contribution in [3.8, 4) is 0 Å². The molecule has 1 fully saturated rings. The summed E-state index contributed by atoms with van der Waals surface area (Å²) in [5, 5.41) is 15.5. The monoisotopic (exact) mass is 306 g/mol. The van der Waals surface area contributed by atoms with E-state index in [0.29, 0.717) is 12.6 Å². The van der Waals surface area contributed by atoms with Crippen molar-refractivity contribution >= 4 is 6.09 Å². The SMILES string of the molecule is CC(C)(CO)CNC1CC(NC(=O)OCc2ccccc2)C1. The maximum absolute atomic E-state index is 11.7.